The van der Waals surface area contributed by atoms with Gasteiger partial charge in [0.2, 0.25) is 0 Å². The maximum Gasteiger partial charge on any atom is 0.181 e. The Bertz CT molecular complexity index is 520. The van der Waals surface area contributed by atoms with Crippen molar-refractivity contribution in [2.24, 2.45) is 0 Å². The summed E-state index contributed by atoms with van der Waals surface area (Å²) in [5, 5.41) is 3.35. The van der Waals surface area contributed by atoms with Crippen molar-refractivity contribution in [2.45, 2.75) is 33.4 Å². The van der Waals surface area contributed by atoms with Crippen molar-refractivity contribution in [3.8, 4) is 17.1 Å². The third kappa shape index (κ3) is 3.35. The highest BCUT2D eigenvalue weighted by Crippen LogP contribution is 2.31. The second kappa shape index (κ2) is 6.38. The molecule has 0 radical (unpaired) electrons. The van der Waals surface area contributed by atoms with Crippen LogP contribution in [0.25, 0.3) is 11.3 Å². The van der Waals surface area contributed by atoms with E-state index < -0.39 is 0 Å². The lowest BCUT2D eigenvalue weighted by molar-refractivity contribution is 0.340. The van der Waals surface area contributed by atoms with Gasteiger partial charge >= 0.3 is 0 Å². The van der Waals surface area contributed by atoms with Crippen molar-refractivity contribution in [2.75, 3.05) is 6.61 Å². The molecule has 0 atom stereocenters. The smallest absolute Gasteiger partial charge is 0.181 e. The van der Waals surface area contributed by atoms with E-state index in [1.807, 2.05) is 31.2 Å². The van der Waals surface area contributed by atoms with Crippen LogP contribution in [0.2, 0.25) is 0 Å². The average Bonchev–Trinajstić information content (AvgIpc) is 2.85. The van der Waals surface area contributed by atoms with E-state index in [4.69, 9.17) is 9.15 Å². The van der Waals surface area contributed by atoms with Gasteiger partial charge in [-0.25, -0.2) is 4.98 Å². The molecular formula is C15H20N2O2. The van der Waals surface area contributed by atoms with Gasteiger partial charge in [-0.05, 0) is 19.1 Å². The van der Waals surface area contributed by atoms with Crippen LogP contribution in [-0.4, -0.2) is 17.6 Å². The molecule has 0 saturated heterocycles. The fourth-order valence-corrected chi connectivity index (χ4v) is 1.85. The van der Waals surface area contributed by atoms with Gasteiger partial charge in [-0.15, -0.1) is 0 Å². The molecule has 2 aromatic rings. The molecule has 19 heavy (non-hydrogen) atoms. The predicted molar refractivity (Wildman–Crippen MR) is 75.1 cm³/mol. The van der Waals surface area contributed by atoms with E-state index in [2.05, 4.69) is 24.1 Å². The summed E-state index contributed by atoms with van der Waals surface area (Å²) in [6.45, 7) is 7.49. The predicted octanol–water partition coefficient (Wildman–Crippen LogP) is 3.24. The molecule has 1 N–H and O–H groups in total. The van der Waals surface area contributed by atoms with Gasteiger partial charge in [0, 0.05) is 12.6 Å². The third-order valence-electron chi connectivity index (χ3n) is 2.75. The number of hydrogen-bond acceptors (Lipinski definition) is 4. The minimum absolute atomic E-state index is 0.409. The molecule has 4 nitrogen and oxygen atoms in total. The highest BCUT2D eigenvalue weighted by molar-refractivity contribution is 5.67. The van der Waals surface area contributed by atoms with E-state index in [-0.39, 0.29) is 0 Å². The van der Waals surface area contributed by atoms with Crippen LogP contribution in [-0.2, 0) is 6.54 Å². The van der Waals surface area contributed by atoms with Crippen molar-refractivity contribution in [3.05, 3.63) is 36.4 Å². The zero-order valence-corrected chi connectivity index (χ0v) is 11.6. The van der Waals surface area contributed by atoms with Crippen LogP contribution in [0, 0.1) is 0 Å². The number of para-hydroxylation sites is 1. The fraction of sp³-hybridized carbons (Fsp3) is 0.400. The van der Waals surface area contributed by atoms with Crippen molar-refractivity contribution >= 4 is 0 Å². The van der Waals surface area contributed by atoms with E-state index in [1.165, 1.54) is 6.39 Å². The van der Waals surface area contributed by atoms with Crippen LogP contribution < -0.4 is 10.1 Å². The normalized spacial score (nSPS) is 10.9. The number of ether oxygens (including phenoxy) is 1. The molecule has 0 aliphatic heterocycles. The van der Waals surface area contributed by atoms with Gasteiger partial charge in [-0.2, -0.15) is 0 Å². The Hall–Kier alpha value is -1.81. The molecular weight excluding hydrogens is 240 g/mol. The van der Waals surface area contributed by atoms with Gasteiger partial charge < -0.3 is 14.5 Å². The molecule has 102 valence electrons. The summed E-state index contributed by atoms with van der Waals surface area (Å²) >= 11 is 0. The van der Waals surface area contributed by atoms with E-state index >= 15 is 0 Å². The second-order valence-corrected chi connectivity index (χ2v) is 4.59. The lowest BCUT2D eigenvalue weighted by Crippen LogP contribution is -2.22. The Morgan fingerprint density at radius 2 is 2.11 bits per heavy atom. The van der Waals surface area contributed by atoms with E-state index in [0.29, 0.717) is 19.2 Å². The minimum atomic E-state index is 0.409. The SMILES string of the molecule is CCOc1ccccc1-c1ocnc1CNC(C)C. The van der Waals surface area contributed by atoms with Crippen molar-refractivity contribution in [3.63, 3.8) is 0 Å². The van der Waals surface area contributed by atoms with Gasteiger partial charge in [0.25, 0.3) is 0 Å². The molecule has 0 bridgehead atoms. The fourth-order valence-electron chi connectivity index (χ4n) is 1.85. The molecule has 0 unspecified atom stereocenters. The zero-order chi connectivity index (χ0) is 13.7. The average molecular weight is 260 g/mol. The number of aromatic nitrogens is 1. The molecule has 1 aromatic carbocycles. The summed E-state index contributed by atoms with van der Waals surface area (Å²) in [5.41, 5.74) is 1.85. The van der Waals surface area contributed by atoms with Crippen LogP contribution in [0.4, 0.5) is 0 Å². The topological polar surface area (TPSA) is 47.3 Å². The lowest BCUT2D eigenvalue weighted by atomic mass is 10.1. The van der Waals surface area contributed by atoms with Gasteiger partial charge in [0.05, 0.1) is 12.2 Å². The molecule has 0 amide bonds. The number of rotatable bonds is 6. The number of benzene rings is 1. The number of oxazole rings is 1. The number of nitrogens with zero attached hydrogens (tertiary/aromatic N) is 1. The highest BCUT2D eigenvalue weighted by atomic mass is 16.5. The molecule has 0 aliphatic carbocycles. The highest BCUT2D eigenvalue weighted by Gasteiger charge is 2.15. The number of nitrogens with one attached hydrogen (secondary N) is 1. The first-order chi connectivity index (χ1) is 9.22. The Kier molecular flexibility index (Phi) is 4.58. The van der Waals surface area contributed by atoms with Crippen molar-refractivity contribution in [1.29, 1.82) is 0 Å². The molecule has 0 fully saturated rings. The molecule has 2 rings (SSSR count). The lowest BCUT2D eigenvalue weighted by Gasteiger charge is -2.10. The first-order valence-electron chi connectivity index (χ1n) is 6.60. The summed E-state index contributed by atoms with van der Waals surface area (Å²) in [7, 11) is 0. The van der Waals surface area contributed by atoms with E-state index in [9.17, 15) is 0 Å². The van der Waals surface area contributed by atoms with Crippen LogP contribution in [0.1, 0.15) is 26.5 Å². The Morgan fingerprint density at radius 1 is 1.32 bits per heavy atom. The first-order valence-corrected chi connectivity index (χ1v) is 6.60. The monoisotopic (exact) mass is 260 g/mol. The minimum Gasteiger partial charge on any atom is -0.493 e. The molecule has 0 aliphatic rings. The molecule has 0 saturated carbocycles. The van der Waals surface area contributed by atoms with E-state index in [1.54, 1.807) is 0 Å². The molecule has 4 heteroatoms. The Balaban J connectivity index is 2.29. The van der Waals surface area contributed by atoms with Gasteiger partial charge in [-0.1, -0.05) is 26.0 Å². The summed E-state index contributed by atoms with van der Waals surface area (Å²) in [6.07, 6.45) is 1.48. The summed E-state index contributed by atoms with van der Waals surface area (Å²) < 4.78 is 11.2. The second-order valence-electron chi connectivity index (χ2n) is 4.59. The largest absolute Gasteiger partial charge is 0.493 e. The quantitative estimate of drug-likeness (QED) is 0.866. The summed E-state index contributed by atoms with van der Waals surface area (Å²) in [6, 6.07) is 8.27. The van der Waals surface area contributed by atoms with Gasteiger partial charge in [-0.3, -0.25) is 0 Å². The Morgan fingerprint density at radius 3 is 2.84 bits per heavy atom. The molecule has 0 spiro atoms. The zero-order valence-electron chi connectivity index (χ0n) is 11.6. The van der Waals surface area contributed by atoms with Crippen molar-refractivity contribution < 1.29 is 9.15 Å². The number of hydrogen-bond donors (Lipinski definition) is 1. The maximum atomic E-state index is 5.63. The first kappa shape index (κ1) is 13.6. The summed E-state index contributed by atoms with van der Waals surface area (Å²) in [4.78, 5) is 4.28. The van der Waals surface area contributed by atoms with Crippen LogP contribution >= 0.6 is 0 Å². The van der Waals surface area contributed by atoms with Crippen LogP contribution in [0.3, 0.4) is 0 Å². The third-order valence-corrected chi connectivity index (χ3v) is 2.75. The van der Waals surface area contributed by atoms with E-state index in [0.717, 1.165) is 22.8 Å². The van der Waals surface area contributed by atoms with Gasteiger partial charge in [0.15, 0.2) is 12.2 Å². The van der Waals surface area contributed by atoms with Gasteiger partial charge in [0.1, 0.15) is 11.4 Å². The summed E-state index contributed by atoms with van der Waals surface area (Å²) in [5.74, 6) is 1.60. The standard InChI is InChI=1S/C15H20N2O2/c1-4-18-14-8-6-5-7-12(14)15-13(17-10-19-15)9-16-11(2)3/h5-8,10-11,16H,4,9H2,1-3H3. The van der Waals surface area contributed by atoms with Crippen LogP contribution in [0.5, 0.6) is 5.75 Å². The molecule has 1 aromatic heterocycles. The molecule has 1 heterocycles. The van der Waals surface area contributed by atoms with Crippen LogP contribution in [0.15, 0.2) is 35.1 Å². The van der Waals surface area contributed by atoms with Crippen molar-refractivity contribution in [1.82, 2.24) is 10.3 Å². The maximum absolute atomic E-state index is 5.63. The Labute approximate surface area is 113 Å².